The number of hydrogen-bond acceptors (Lipinski definition) is 5. The lowest BCUT2D eigenvalue weighted by Crippen LogP contribution is -2.23. The van der Waals surface area contributed by atoms with Crippen LogP contribution in [-0.4, -0.2) is 40.7 Å². The van der Waals surface area contributed by atoms with Gasteiger partial charge in [0.1, 0.15) is 5.75 Å². The number of rotatable bonds is 5. The van der Waals surface area contributed by atoms with Crippen molar-refractivity contribution in [3.63, 3.8) is 0 Å². The SMILES string of the molecule is CN1C(=O)/C(=C/c2ccc(OCC(=O)O)cc2)SC1=Nc1ccc(Cl)cc1. The molecule has 138 valence electrons. The van der Waals surface area contributed by atoms with Gasteiger partial charge in [-0.2, -0.15) is 0 Å². The van der Waals surface area contributed by atoms with Gasteiger partial charge in [0.15, 0.2) is 11.8 Å². The normalized spacial score (nSPS) is 17.0. The Balaban J connectivity index is 1.75. The highest BCUT2D eigenvalue weighted by Gasteiger charge is 2.30. The van der Waals surface area contributed by atoms with Crippen molar-refractivity contribution in [2.24, 2.45) is 4.99 Å². The third kappa shape index (κ3) is 4.90. The van der Waals surface area contributed by atoms with E-state index in [0.29, 0.717) is 26.5 Å². The van der Waals surface area contributed by atoms with Crippen LogP contribution in [0.5, 0.6) is 5.75 Å². The van der Waals surface area contributed by atoms with Gasteiger partial charge in [0, 0.05) is 12.1 Å². The van der Waals surface area contributed by atoms with Gasteiger partial charge in [-0.25, -0.2) is 9.79 Å². The Morgan fingerprint density at radius 1 is 1.22 bits per heavy atom. The highest BCUT2D eigenvalue weighted by atomic mass is 35.5. The largest absolute Gasteiger partial charge is 0.482 e. The number of carboxylic acids is 1. The van der Waals surface area contributed by atoms with Crippen LogP contribution in [0.15, 0.2) is 58.4 Å². The third-order valence-electron chi connectivity index (χ3n) is 3.60. The predicted molar refractivity (Wildman–Crippen MR) is 106 cm³/mol. The van der Waals surface area contributed by atoms with Crippen LogP contribution in [0.4, 0.5) is 5.69 Å². The summed E-state index contributed by atoms with van der Waals surface area (Å²) in [4.78, 5) is 29.5. The first-order chi connectivity index (χ1) is 12.9. The summed E-state index contributed by atoms with van der Waals surface area (Å²) < 4.78 is 5.09. The summed E-state index contributed by atoms with van der Waals surface area (Å²) in [7, 11) is 1.67. The second-order valence-corrected chi connectivity index (χ2v) is 7.04. The Morgan fingerprint density at radius 2 is 1.89 bits per heavy atom. The zero-order chi connectivity index (χ0) is 19.4. The van der Waals surface area contributed by atoms with Gasteiger partial charge in [-0.15, -0.1) is 0 Å². The Hall–Kier alpha value is -2.77. The Morgan fingerprint density at radius 3 is 2.52 bits per heavy atom. The Labute approximate surface area is 165 Å². The highest BCUT2D eigenvalue weighted by molar-refractivity contribution is 8.18. The fourth-order valence-corrected chi connectivity index (χ4v) is 3.35. The smallest absolute Gasteiger partial charge is 0.341 e. The van der Waals surface area contributed by atoms with Crippen molar-refractivity contribution in [3.8, 4) is 5.75 Å². The molecule has 1 N–H and O–H groups in total. The lowest BCUT2D eigenvalue weighted by atomic mass is 10.2. The fourth-order valence-electron chi connectivity index (χ4n) is 2.23. The van der Waals surface area contributed by atoms with Crippen LogP contribution in [0.3, 0.4) is 0 Å². The first-order valence-corrected chi connectivity index (χ1v) is 9.08. The van der Waals surface area contributed by atoms with Crippen LogP contribution in [0.2, 0.25) is 5.02 Å². The number of carboxylic acid groups (broad SMARTS) is 1. The van der Waals surface area contributed by atoms with Crippen LogP contribution >= 0.6 is 23.4 Å². The molecule has 6 nitrogen and oxygen atoms in total. The molecule has 1 aliphatic heterocycles. The van der Waals surface area contributed by atoms with Gasteiger partial charge in [-0.3, -0.25) is 9.69 Å². The van der Waals surface area contributed by atoms with Gasteiger partial charge < -0.3 is 9.84 Å². The zero-order valence-electron chi connectivity index (χ0n) is 14.3. The van der Waals surface area contributed by atoms with Crippen molar-refractivity contribution in [2.45, 2.75) is 0 Å². The molecule has 0 bridgehead atoms. The number of ether oxygens (including phenoxy) is 1. The van der Waals surface area contributed by atoms with Crippen molar-refractivity contribution >= 4 is 52.2 Å². The number of thioether (sulfide) groups is 1. The van der Waals surface area contributed by atoms with Crippen molar-refractivity contribution < 1.29 is 19.4 Å². The van der Waals surface area contributed by atoms with Crippen molar-refractivity contribution in [1.82, 2.24) is 4.90 Å². The van der Waals surface area contributed by atoms with E-state index in [-0.39, 0.29) is 5.91 Å². The van der Waals surface area contributed by atoms with Crippen molar-refractivity contribution in [3.05, 3.63) is 64.0 Å². The first-order valence-electron chi connectivity index (χ1n) is 7.89. The molecule has 8 heteroatoms. The number of benzene rings is 2. The topological polar surface area (TPSA) is 79.2 Å². The summed E-state index contributed by atoms with van der Waals surface area (Å²) in [5.74, 6) is -0.726. The molecular weight excluding hydrogens is 388 g/mol. The minimum absolute atomic E-state index is 0.140. The van der Waals surface area contributed by atoms with E-state index >= 15 is 0 Å². The number of likely N-dealkylation sites (N-methyl/N-ethyl adjacent to an activating group) is 1. The average Bonchev–Trinajstić information content (AvgIpc) is 2.91. The number of amides is 1. The molecule has 0 unspecified atom stereocenters. The van der Waals surface area contributed by atoms with Crippen LogP contribution in [0.25, 0.3) is 6.08 Å². The van der Waals surface area contributed by atoms with E-state index in [4.69, 9.17) is 21.4 Å². The first kappa shape index (κ1) is 19.0. The maximum Gasteiger partial charge on any atom is 0.341 e. The molecule has 2 aromatic rings. The average molecular weight is 403 g/mol. The van der Waals surface area contributed by atoms with Gasteiger partial charge in [0.25, 0.3) is 5.91 Å². The number of carbonyl (C=O) groups excluding carboxylic acids is 1. The second-order valence-electron chi connectivity index (χ2n) is 5.60. The third-order valence-corrected chi connectivity index (χ3v) is 4.91. The quantitative estimate of drug-likeness (QED) is 0.763. The number of amidine groups is 1. The molecule has 1 saturated heterocycles. The Bertz CT molecular complexity index is 924. The molecule has 0 spiro atoms. The highest BCUT2D eigenvalue weighted by Crippen LogP contribution is 2.33. The summed E-state index contributed by atoms with van der Waals surface area (Å²) in [6.07, 6.45) is 1.76. The van der Waals surface area contributed by atoms with E-state index < -0.39 is 12.6 Å². The predicted octanol–water partition coefficient (Wildman–Crippen LogP) is 4.04. The van der Waals surface area contributed by atoms with Gasteiger partial charge in [-0.05, 0) is 59.8 Å². The molecular formula is C19H15ClN2O4S. The molecule has 0 aliphatic carbocycles. The molecule has 1 amide bonds. The van der Waals surface area contributed by atoms with Gasteiger partial charge in [0.2, 0.25) is 0 Å². The lowest BCUT2D eigenvalue weighted by Gasteiger charge is -2.07. The molecule has 3 rings (SSSR count). The maximum absolute atomic E-state index is 12.5. The summed E-state index contributed by atoms with van der Waals surface area (Å²) in [6, 6.07) is 13.9. The minimum Gasteiger partial charge on any atom is -0.482 e. The second kappa shape index (κ2) is 8.28. The monoisotopic (exact) mass is 402 g/mol. The van der Waals surface area contributed by atoms with E-state index in [1.807, 2.05) is 0 Å². The molecule has 2 aromatic carbocycles. The number of nitrogens with zero attached hydrogens (tertiary/aromatic N) is 2. The van der Waals surface area contributed by atoms with E-state index in [1.165, 1.54) is 16.7 Å². The van der Waals surface area contributed by atoms with E-state index in [1.54, 1.807) is 61.7 Å². The number of hydrogen-bond donors (Lipinski definition) is 1. The molecule has 1 fully saturated rings. The van der Waals surface area contributed by atoms with E-state index in [2.05, 4.69) is 4.99 Å². The molecule has 0 saturated carbocycles. The van der Waals surface area contributed by atoms with Crippen LogP contribution in [-0.2, 0) is 9.59 Å². The maximum atomic E-state index is 12.5. The van der Waals surface area contributed by atoms with E-state index in [9.17, 15) is 9.59 Å². The minimum atomic E-state index is -1.04. The van der Waals surface area contributed by atoms with Crippen molar-refractivity contribution in [1.29, 1.82) is 0 Å². The number of halogens is 1. The fraction of sp³-hybridized carbons (Fsp3) is 0.105. The molecule has 0 radical (unpaired) electrons. The van der Waals surface area contributed by atoms with Gasteiger partial charge in [-0.1, -0.05) is 23.7 Å². The van der Waals surface area contributed by atoms with Crippen LogP contribution < -0.4 is 4.74 Å². The Kier molecular flexibility index (Phi) is 5.83. The molecule has 1 aliphatic rings. The summed E-state index contributed by atoms with van der Waals surface area (Å²) in [5.41, 5.74) is 1.51. The summed E-state index contributed by atoms with van der Waals surface area (Å²) in [6.45, 7) is -0.399. The summed E-state index contributed by atoms with van der Waals surface area (Å²) in [5, 5.41) is 9.82. The molecule has 0 atom stereocenters. The van der Waals surface area contributed by atoms with E-state index in [0.717, 1.165) is 5.56 Å². The van der Waals surface area contributed by atoms with Crippen LogP contribution in [0, 0.1) is 0 Å². The van der Waals surface area contributed by atoms with Crippen LogP contribution in [0.1, 0.15) is 5.56 Å². The number of aliphatic carboxylic acids is 1. The summed E-state index contributed by atoms with van der Waals surface area (Å²) >= 11 is 7.16. The molecule has 27 heavy (non-hydrogen) atoms. The molecule has 1 heterocycles. The van der Waals surface area contributed by atoms with Gasteiger partial charge >= 0.3 is 5.97 Å². The van der Waals surface area contributed by atoms with Gasteiger partial charge in [0.05, 0.1) is 10.6 Å². The lowest BCUT2D eigenvalue weighted by molar-refractivity contribution is -0.139. The molecule has 0 aromatic heterocycles. The number of aliphatic imine (C=N–C) groups is 1. The number of carbonyl (C=O) groups is 2. The standard InChI is InChI=1S/C19H15ClN2O4S/c1-22-18(25)16(27-19(22)21-14-6-4-13(20)5-7-14)10-12-2-8-15(9-3-12)26-11-17(23)24/h2-10H,11H2,1H3,(H,23,24)/b16-10-,21-19?. The zero-order valence-corrected chi connectivity index (χ0v) is 15.8. The van der Waals surface area contributed by atoms with Crippen molar-refractivity contribution in [2.75, 3.05) is 13.7 Å².